The van der Waals surface area contributed by atoms with Crippen LogP contribution in [0.5, 0.6) is 5.75 Å². The fourth-order valence-electron chi connectivity index (χ4n) is 9.36. The Morgan fingerprint density at radius 1 is 0.829 bits per heavy atom. The Hall–Kier alpha value is -7.53. The maximum Gasteiger partial charge on any atom is 0.266 e. The second-order valence-corrected chi connectivity index (χ2v) is 20.3. The minimum Gasteiger partial charge on any atom is -0.483 e. The summed E-state index contributed by atoms with van der Waals surface area (Å²) >= 11 is 1.22. The number of benzene rings is 2. The number of nitrogens with zero attached hydrogens (tertiary/aromatic N) is 7. The molecule has 3 aromatic heterocycles. The van der Waals surface area contributed by atoms with Gasteiger partial charge in [-0.2, -0.15) is 5.10 Å². The van der Waals surface area contributed by atoms with E-state index in [1.54, 1.807) is 27.2 Å². The van der Waals surface area contributed by atoms with Crippen LogP contribution in [-0.4, -0.2) is 141 Å². The third-order valence-corrected chi connectivity index (χ3v) is 14.8. The standard InChI is InChI=1S/C47H48N10O11S2/c1-70(66,67)56-21-14-32(24-56)43(62)48-23-39(59)51-47-49-35(27-69-47)31-5-2-4-30(22-31)34-15-20-55(52-34)25-40(60)53-16-10-28(11-17-53)29-12-18-54(19-13-29)41(61)26-68-37-7-3-6-33-42(37)46(65)57(45(33)64)36-8-9-38(58)50-44(36)63/h2-7,14-15,20-22,24,27-29,36H,8-13,16-19,23,25-26H2,1H3,(H,48,62)(H,49,51,59)(H,50,58,63). The van der Waals surface area contributed by atoms with Gasteiger partial charge in [-0.25, -0.2) is 13.4 Å². The van der Waals surface area contributed by atoms with Crippen LogP contribution in [0.3, 0.4) is 0 Å². The number of rotatable bonds is 14. The molecular weight excluding hydrogens is 945 g/mol. The van der Waals surface area contributed by atoms with Gasteiger partial charge >= 0.3 is 0 Å². The Morgan fingerprint density at radius 3 is 2.20 bits per heavy atom. The minimum absolute atomic E-state index is 0.00445. The van der Waals surface area contributed by atoms with Gasteiger partial charge in [-0.1, -0.05) is 24.3 Å². The number of amides is 8. The van der Waals surface area contributed by atoms with E-state index >= 15 is 0 Å². The summed E-state index contributed by atoms with van der Waals surface area (Å²) in [5.41, 5.74) is 3.05. The summed E-state index contributed by atoms with van der Waals surface area (Å²) in [6.07, 6.45) is 8.57. The van der Waals surface area contributed by atoms with Crippen molar-refractivity contribution in [1.82, 2.24) is 44.1 Å². The smallest absolute Gasteiger partial charge is 0.266 e. The van der Waals surface area contributed by atoms with Crippen LogP contribution in [0.25, 0.3) is 22.5 Å². The highest BCUT2D eigenvalue weighted by Gasteiger charge is 2.46. The van der Waals surface area contributed by atoms with Crippen molar-refractivity contribution in [2.45, 2.75) is 51.1 Å². The third kappa shape index (κ3) is 10.2. The molecule has 1 unspecified atom stereocenters. The monoisotopic (exact) mass is 992 g/mol. The van der Waals surface area contributed by atoms with E-state index in [0.29, 0.717) is 54.5 Å². The molecule has 70 heavy (non-hydrogen) atoms. The highest BCUT2D eigenvalue weighted by Crippen LogP contribution is 2.35. The molecule has 5 aromatic rings. The second-order valence-electron chi connectivity index (χ2n) is 17.6. The Balaban J connectivity index is 0.702. The van der Waals surface area contributed by atoms with E-state index in [1.807, 2.05) is 35.2 Å². The number of nitrogens with one attached hydrogen (secondary N) is 3. The van der Waals surface area contributed by atoms with Crippen molar-refractivity contribution in [1.29, 1.82) is 0 Å². The fourth-order valence-corrected chi connectivity index (χ4v) is 10.7. The van der Waals surface area contributed by atoms with Gasteiger partial charge in [0.05, 0.1) is 40.9 Å². The van der Waals surface area contributed by atoms with Crippen LogP contribution in [-0.2, 0) is 40.5 Å². The van der Waals surface area contributed by atoms with Gasteiger partial charge in [-0.15, -0.1) is 11.3 Å². The lowest BCUT2D eigenvalue weighted by Gasteiger charge is -2.40. The molecule has 21 nitrogen and oxygen atoms in total. The highest BCUT2D eigenvalue weighted by atomic mass is 32.2. The predicted octanol–water partition coefficient (Wildman–Crippen LogP) is 2.61. The summed E-state index contributed by atoms with van der Waals surface area (Å²) in [6, 6.07) is 14.2. The Kier molecular flexibility index (Phi) is 13.5. The Bertz CT molecular complexity index is 3040. The molecule has 0 spiro atoms. The number of ether oxygens (including phenoxy) is 1. The van der Waals surface area contributed by atoms with Crippen LogP contribution in [0.1, 0.15) is 69.6 Å². The van der Waals surface area contributed by atoms with Crippen LogP contribution in [0.15, 0.2) is 78.6 Å². The summed E-state index contributed by atoms with van der Waals surface area (Å²) in [5.74, 6) is -3.00. The van der Waals surface area contributed by atoms with Crippen LogP contribution < -0.4 is 20.7 Å². The molecule has 3 N–H and O–H groups in total. The maximum atomic E-state index is 13.4. The number of carbonyl (C=O) groups is 8. The van der Waals surface area contributed by atoms with Gasteiger partial charge in [0, 0.05) is 67.7 Å². The van der Waals surface area contributed by atoms with E-state index in [9.17, 15) is 46.8 Å². The second kappa shape index (κ2) is 19.8. The van der Waals surface area contributed by atoms with Gasteiger partial charge in [-0.05, 0) is 74.3 Å². The molecule has 3 fully saturated rings. The Labute approximate surface area is 405 Å². The van der Waals surface area contributed by atoms with Gasteiger partial charge in [-0.3, -0.25) is 57.2 Å². The maximum absolute atomic E-state index is 13.4. The van der Waals surface area contributed by atoms with E-state index in [4.69, 9.17) is 4.74 Å². The molecule has 364 valence electrons. The number of anilines is 1. The molecule has 9 rings (SSSR count). The normalized spacial score (nSPS) is 17.9. The summed E-state index contributed by atoms with van der Waals surface area (Å²) in [5, 5.41) is 14.1. The fraction of sp³-hybridized carbons (Fsp3) is 0.362. The van der Waals surface area contributed by atoms with Crippen molar-refractivity contribution in [2.24, 2.45) is 11.8 Å². The quantitative estimate of drug-likeness (QED) is 0.135. The zero-order valence-corrected chi connectivity index (χ0v) is 39.5. The number of likely N-dealkylation sites (tertiary alicyclic amines) is 2. The van der Waals surface area contributed by atoms with Crippen LogP contribution in [0.4, 0.5) is 5.13 Å². The van der Waals surface area contributed by atoms with Gasteiger partial charge in [0.2, 0.25) is 33.7 Å². The van der Waals surface area contributed by atoms with E-state index < -0.39 is 51.5 Å². The van der Waals surface area contributed by atoms with E-state index in [0.717, 1.165) is 51.9 Å². The molecule has 7 heterocycles. The molecule has 23 heteroatoms. The number of aromatic nitrogens is 4. The SMILES string of the molecule is CS(=O)(=O)n1ccc(C(=O)NCC(=O)Nc2nc(-c3cccc(-c4ccn(CC(=O)N5CCC(C6CCN(C(=O)COc7cccc8c7C(=O)N(C7CCC(=O)NC7=O)C8=O)CC6)CC5)n4)c3)cs2)c1. The summed E-state index contributed by atoms with van der Waals surface area (Å²) in [4.78, 5) is 111. The molecule has 4 aliphatic heterocycles. The van der Waals surface area contributed by atoms with Crippen molar-refractivity contribution in [3.8, 4) is 28.3 Å². The van der Waals surface area contributed by atoms with Crippen LogP contribution in [0.2, 0.25) is 0 Å². The Morgan fingerprint density at radius 2 is 1.51 bits per heavy atom. The summed E-state index contributed by atoms with van der Waals surface area (Å²) in [6.45, 7) is 1.76. The van der Waals surface area contributed by atoms with Gasteiger partial charge in [0.25, 0.3) is 23.6 Å². The molecule has 1 atom stereocenters. The molecule has 0 saturated carbocycles. The van der Waals surface area contributed by atoms with E-state index in [-0.39, 0.29) is 66.8 Å². The zero-order chi connectivity index (χ0) is 49.3. The number of fused-ring (bicyclic) bond motifs is 1. The minimum atomic E-state index is -3.55. The first-order valence-corrected chi connectivity index (χ1v) is 25.4. The number of thiazole rings is 1. The molecule has 3 saturated heterocycles. The predicted molar refractivity (Wildman–Crippen MR) is 252 cm³/mol. The molecule has 2 aromatic carbocycles. The number of imide groups is 2. The van der Waals surface area contributed by atoms with Crippen molar-refractivity contribution >= 4 is 73.7 Å². The average Bonchev–Trinajstić information content (AvgIpc) is 4.19. The highest BCUT2D eigenvalue weighted by molar-refractivity contribution is 7.89. The van der Waals surface area contributed by atoms with Crippen LogP contribution in [0, 0.1) is 11.8 Å². The lowest BCUT2D eigenvalue weighted by molar-refractivity contribution is -0.136. The zero-order valence-electron chi connectivity index (χ0n) is 37.9. The molecular formula is C47H48N10O11S2. The van der Waals surface area contributed by atoms with Gasteiger partial charge in [0.15, 0.2) is 11.7 Å². The lowest BCUT2D eigenvalue weighted by Crippen LogP contribution is -2.54. The number of hydrogen-bond donors (Lipinski definition) is 3. The molecule has 0 radical (unpaired) electrons. The van der Waals surface area contributed by atoms with Gasteiger partial charge < -0.3 is 25.2 Å². The van der Waals surface area contributed by atoms with Crippen LogP contribution >= 0.6 is 11.3 Å². The summed E-state index contributed by atoms with van der Waals surface area (Å²) in [7, 11) is -3.55. The number of piperidine rings is 3. The lowest BCUT2D eigenvalue weighted by atomic mass is 9.79. The molecule has 0 bridgehead atoms. The van der Waals surface area contributed by atoms with E-state index in [2.05, 4.69) is 26.0 Å². The molecule has 0 aliphatic carbocycles. The van der Waals surface area contributed by atoms with Crippen molar-refractivity contribution in [3.05, 3.63) is 95.3 Å². The average molecular weight is 993 g/mol. The first-order chi connectivity index (χ1) is 33.6. The van der Waals surface area contributed by atoms with Crippen molar-refractivity contribution < 1.29 is 51.5 Å². The van der Waals surface area contributed by atoms with Crippen molar-refractivity contribution in [3.63, 3.8) is 0 Å². The molecule has 8 amide bonds. The summed E-state index contributed by atoms with van der Waals surface area (Å²) < 4.78 is 31.7. The third-order valence-electron chi connectivity index (χ3n) is 13.1. The first kappa shape index (κ1) is 47.5. The number of carbonyl (C=O) groups excluding carboxylic acids is 8. The first-order valence-electron chi connectivity index (χ1n) is 22.7. The largest absolute Gasteiger partial charge is 0.483 e. The molecule has 4 aliphatic rings. The topological polar surface area (TPSA) is 261 Å². The number of hydrogen-bond acceptors (Lipinski definition) is 14. The van der Waals surface area contributed by atoms with Gasteiger partial charge in [0.1, 0.15) is 18.3 Å². The van der Waals surface area contributed by atoms with E-state index in [1.165, 1.54) is 41.9 Å². The van der Waals surface area contributed by atoms with Crippen molar-refractivity contribution in [2.75, 3.05) is 50.9 Å².